The minimum Gasteiger partial charge on any atom is -0.378 e. The van der Waals surface area contributed by atoms with E-state index in [1.165, 1.54) is 24.3 Å². The normalized spacial score (nSPS) is 13.0. The van der Waals surface area contributed by atoms with Crippen molar-refractivity contribution in [1.29, 1.82) is 0 Å². The zero-order valence-corrected chi connectivity index (χ0v) is 12.7. The van der Waals surface area contributed by atoms with Crippen LogP contribution in [0.3, 0.4) is 0 Å². The van der Waals surface area contributed by atoms with E-state index in [4.69, 9.17) is 16.7 Å². The summed E-state index contributed by atoms with van der Waals surface area (Å²) >= 11 is 5.75. The molecule has 2 rings (SSSR count). The first-order valence-electron chi connectivity index (χ1n) is 6.12. The first-order chi connectivity index (χ1) is 9.77. The van der Waals surface area contributed by atoms with E-state index >= 15 is 0 Å². The Morgan fingerprint density at radius 1 is 1.24 bits per heavy atom. The molecule has 21 heavy (non-hydrogen) atoms. The van der Waals surface area contributed by atoms with Gasteiger partial charge in [-0.3, -0.25) is 0 Å². The number of hydrogen-bond acceptors (Lipinski definition) is 3. The van der Waals surface area contributed by atoms with Gasteiger partial charge in [0.1, 0.15) is 5.82 Å². The van der Waals surface area contributed by atoms with E-state index in [0.29, 0.717) is 5.69 Å². The molecule has 0 spiro atoms. The van der Waals surface area contributed by atoms with Gasteiger partial charge >= 0.3 is 0 Å². The number of benzene rings is 2. The lowest BCUT2D eigenvalue weighted by molar-refractivity contribution is 0.598. The maximum absolute atomic E-state index is 13.1. The highest BCUT2D eigenvalue weighted by Crippen LogP contribution is 2.24. The van der Waals surface area contributed by atoms with Gasteiger partial charge in [-0.1, -0.05) is 23.7 Å². The van der Waals surface area contributed by atoms with Gasteiger partial charge in [-0.2, -0.15) is 0 Å². The summed E-state index contributed by atoms with van der Waals surface area (Å²) in [5, 5.41) is 8.25. The molecule has 0 fully saturated rings. The second-order valence-electron chi connectivity index (χ2n) is 4.61. The van der Waals surface area contributed by atoms with Gasteiger partial charge in [-0.25, -0.2) is 17.9 Å². The van der Waals surface area contributed by atoms with E-state index < -0.39 is 15.8 Å². The molecule has 0 radical (unpaired) electrons. The van der Waals surface area contributed by atoms with Gasteiger partial charge in [0.2, 0.25) is 10.0 Å². The van der Waals surface area contributed by atoms with Crippen molar-refractivity contribution in [1.82, 2.24) is 0 Å². The average Bonchev–Trinajstić information content (AvgIpc) is 2.41. The number of hydrogen-bond donors (Lipinski definition) is 2. The molecule has 0 aromatic heterocycles. The van der Waals surface area contributed by atoms with Crippen molar-refractivity contribution < 1.29 is 12.8 Å². The van der Waals surface area contributed by atoms with Gasteiger partial charge in [0, 0.05) is 11.7 Å². The number of nitrogens with two attached hydrogens (primary N) is 1. The molecular weight excluding hydrogens is 315 g/mol. The zero-order chi connectivity index (χ0) is 15.6. The van der Waals surface area contributed by atoms with Crippen LogP contribution in [0.5, 0.6) is 0 Å². The highest BCUT2D eigenvalue weighted by Gasteiger charge is 2.11. The summed E-state index contributed by atoms with van der Waals surface area (Å²) in [6, 6.07) is 10.4. The molecule has 0 aliphatic carbocycles. The van der Waals surface area contributed by atoms with E-state index in [1.807, 2.05) is 6.92 Å². The first kappa shape index (κ1) is 15.8. The monoisotopic (exact) mass is 328 g/mol. The lowest BCUT2D eigenvalue weighted by Gasteiger charge is -2.16. The Kier molecular flexibility index (Phi) is 4.51. The second-order valence-corrected chi connectivity index (χ2v) is 6.58. The smallest absolute Gasteiger partial charge is 0.238 e. The fourth-order valence-corrected chi connectivity index (χ4v) is 2.63. The van der Waals surface area contributed by atoms with Crippen molar-refractivity contribution >= 4 is 27.3 Å². The summed E-state index contributed by atoms with van der Waals surface area (Å²) in [6.07, 6.45) is 0. The van der Waals surface area contributed by atoms with Crippen molar-refractivity contribution in [3.63, 3.8) is 0 Å². The Bertz CT molecular complexity index is 765. The van der Waals surface area contributed by atoms with Crippen LogP contribution in [0.4, 0.5) is 10.1 Å². The van der Waals surface area contributed by atoms with Crippen LogP contribution in [0, 0.1) is 5.82 Å². The standard InChI is InChI=1S/C14H14ClFN2O2S/c1-9(10-5-6-14(16)13(15)7-10)18-11-3-2-4-12(8-11)21(17,19)20/h2-9,18H,1H3,(H2,17,19,20). The molecule has 1 atom stereocenters. The van der Waals surface area contributed by atoms with Gasteiger partial charge in [0.15, 0.2) is 0 Å². The Morgan fingerprint density at radius 3 is 2.57 bits per heavy atom. The molecule has 0 aliphatic heterocycles. The summed E-state index contributed by atoms with van der Waals surface area (Å²) in [7, 11) is -3.75. The molecule has 2 aromatic carbocycles. The third kappa shape index (κ3) is 3.93. The van der Waals surface area contributed by atoms with Crippen LogP contribution in [0.1, 0.15) is 18.5 Å². The lowest BCUT2D eigenvalue weighted by Crippen LogP contribution is -2.13. The molecule has 1 unspecified atom stereocenters. The van der Waals surface area contributed by atoms with E-state index in [0.717, 1.165) is 5.56 Å². The fraction of sp³-hybridized carbons (Fsp3) is 0.143. The molecule has 7 heteroatoms. The third-order valence-corrected chi connectivity index (χ3v) is 4.19. The van der Waals surface area contributed by atoms with Crippen LogP contribution in [0.25, 0.3) is 0 Å². The van der Waals surface area contributed by atoms with Crippen LogP contribution in [0.15, 0.2) is 47.4 Å². The van der Waals surface area contributed by atoms with Crippen LogP contribution in [-0.2, 0) is 10.0 Å². The van der Waals surface area contributed by atoms with Crippen molar-refractivity contribution in [2.45, 2.75) is 17.9 Å². The number of primary sulfonamides is 1. The predicted octanol–water partition coefficient (Wildman–Crippen LogP) is 3.30. The highest BCUT2D eigenvalue weighted by atomic mass is 35.5. The van der Waals surface area contributed by atoms with Crippen LogP contribution < -0.4 is 10.5 Å². The van der Waals surface area contributed by atoms with Gasteiger partial charge in [-0.05, 0) is 42.8 Å². The van der Waals surface area contributed by atoms with Gasteiger partial charge in [0.05, 0.1) is 9.92 Å². The van der Waals surface area contributed by atoms with Crippen LogP contribution in [0.2, 0.25) is 5.02 Å². The molecule has 2 aromatic rings. The molecule has 0 aliphatic rings. The number of nitrogens with one attached hydrogen (secondary N) is 1. The van der Waals surface area contributed by atoms with Gasteiger partial charge in [-0.15, -0.1) is 0 Å². The summed E-state index contributed by atoms with van der Waals surface area (Å²) in [5.74, 6) is -0.483. The Labute approximate surface area is 127 Å². The Hall–Kier alpha value is -1.63. The Morgan fingerprint density at radius 2 is 1.95 bits per heavy atom. The number of sulfonamides is 1. The summed E-state index contributed by atoms with van der Waals surface area (Å²) < 4.78 is 35.8. The molecule has 3 N–H and O–H groups in total. The summed E-state index contributed by atoms with van der Waals surface area (Å²) in [4.78, 5) is 0.0249. The highest BCUT2D eigenvalue weighted by molar-refractivity contribution is 7.89. The Balaban J connectivity index is 2.23. The van der Waals surface area contributed by atoms with Crippen molar-refractivity contribution in [3.05, 3.63) is 58.9 Å². The number of anilines is 1. The minimum atomic E-state index is -3.75. The topological polar surface area (TPSA) is 72.2 Å². The quantitative estimate of drug-likeness (QED) is 0.904. The van der Waals surface area contributed by atoms with E-state index in [9.17, 15) is 12.8 Å². The van der Waals surface area contributed by atoms with E-state index in [1.54, 1.807) is 18.2 Å². The summed E-state index contributed by atoms with van der Waals surface area (Å²) in [5.41, 5.74) is 1.37. The fourth-order valence-electron chi connectivity index (χ4n) is 1.88. The number of rotatable bonds is 4. The number of halogens is 2. The van der Waals surface area contributed by atoms with Crippen molar-refractivity contribution in [2.75, 3.05) is 5.32 Å². The van der Waals surface area contributed by atoms with Gasteiger partial charge in [0.25, 0.3) is 0 Å². The van der Waals surface area contributed by atoms with Crippen molar-refractivity contribution in [2.24, 2.45) is 5.14 Å². The van der Waals surface area contributed by atoms with Gasteiger partial charge < -0.3 is 5.32 Å². The molecule has 0 heterocycles. The molecule has 0 amide bonds. The molecule has 112 valence electrons. The molecular formula is C14H14ClFN2O2S. The molecule has 0 bridgehead atoms. The maximum Gasteiger partial charge on any atom is 0.238 e. The minimum absolute atomic E-state index is 0.0249. The maximum atomic E-state index is 13.1. The SMILES string of the molecule is CC(Nc1cccc(S(N)(=O)=O)c1)c1ccc(F)c(Cl)c1. The largest absolute Gasteiger partial charge is 0.378 e. The van der Waals surface area contributed by atoms with Crippen molar-refractivity contribution in [3.8, 4) is 0 Å². The third-order valence-electron chi connectivity index (χ3n) is 2.99. The average molecular weight is 329 g/mol. The zero-order valence-electron chi connectivity index (χ0n) is 11.2. The predicted molar refractivity (Wildman–Crippen MR) is 81.3 cm³/mol. The molecule has 0 saturated heterocycles. The molecule has 0 saturated carbocycles. The molecule has 4 nitrogen and oxygen atoms in total. The second kappa shape index (κ2) is 6.01. The summed E-state index contributed by atoms with van der Waals surface area (Å²) in [6.45, 7) is 1.85. The van der Waals surface area contributed by atoms with Crippen LogP contribution >= 0.6 is 11.6 Å². The van der Waals surface area contributed by atoms with E-state index in [-0.39, 0.29) is 16.0 Å². The lowest BCUT2D eigenvalue weighted by atomic mass is 10.1. The first-order valence-corrected chi connectivity index (χ1v) is 8.04. The van der Waals surface area contributed by atoms with E-state index in [2.05, 4.69) is 5.32 Å². The van der Waals surface area contributed by atoms with Crippen LogP contribution in [-0.4, -0.2) is 8.42 Å².